The number of benzene rings is 2. The molecule has 4 nitrogen and oxygen atoms in total. The van der Waals surface area contributed by atoms with Crippen LogP contribution in [0.5, 0.6) is 0 Å². The van der Waals surface area contributed by atoms with Crippen molar-refractivity contribution in [3.63, 3.8) is 0 Å². The monoisotopic (exact) mass is 535 g/mol. The molecule has 2 aromatic carbocycles. The van der Waals surface area contributed by atoms with Crippen molar-refractivity contribution in [1.82, 2.24) is 5.32 Å². The number of nitrogens with one attached hydrogen (secondary N) is 2. The Balaban J connectivity index is 2.26. The topological polar surface area (TPSA) is 65.3 Å². The summed E-state index contributed by atoms with van der Waals surface area (Å²) in [6.07, 6.45) is 4.56. The van der Waals surface area contributed by atoms with Crippen LogP contribution >= 0.6 is 34.8 Å². The lowest BCUT2D eigenvalue weighted by Crippen LogP contribution is -2.44. The third-order valence-corrected chi connectivity index (χ3v) is 7.36. The third kappa shape index (κ3) is 8.63. The Bertz CT molecular complexity index is 1040. The van der Waals surface area contributed by atoms with E-state index in [1.807, 2.05) is 26.0 Å². The van der Waals surface area contributed by atoms with Gasteiger partial charge in [0.1, 0.15) is 5.71 Å². The largest absolute Gasteiger partial charge is 0.348 e. The van der Waals surface area contributed by atoms with Crippen LogP contribution in [0.25, 0.3) is 0 Å². The number of rotatable bonds is 12. The van der Waals surface area contributed by atoms with E-state index in [0.29, 0.717) is 38.3 Å². The van der Waals surface area contributed by atoms with E-state index in [4.69, 9.17) is 45.2 Å². The second kappa shape index (κ2) is 14.0. The Kier molecular flexibility index (Phi) is 11.7. The lowest BCUT2D eigenvalue weighted by molar-refractivity contribution is -0.116. The highest BCUT2D eigenvalue weighted by atomic mass is 35.5. The molecule has 0 heterocycles. The summed E-state index contributed by atoms with van der Waals surface area (Å²) in [5.41, 5.74) is 1.78. The standard InChI is InChI=1S/C28H36Cl3N3O/c1-6-8-20(7-2)15-17(3)19(5)33-28(35)26(32)18(4)27(21-9-11-22(29)12-10-21)34-25-14-13-23(30)16-24(25)31/h9-14,16-20,32H,6-8,15H2,1-5H3,(H,33,35). The summed E-state index contributed by atoms with van der Waals surface area (Å²) in [6.45, 7) is 10.4. The average molecular weight is 537 g/mol. The first kappa shape index (κ1) is 29.4. The van der Waals surface area contributed by atoms with E-state index in [2.05, 4.69) is 26.1 Å². The summed E-state index contributed by atoms with van der Waals surface area (Å²) in [5.74, 6) is 0.00879. The minimum absolute atomic E-state index is 0.0393. The van der Waals surface area contributed by atoms with Crippen LogP contribution in [-0.4, -0.2) is 23.4 Å². The van der Waals surface area contributed by atoms with Gasteiger partial charge in [-0.2, -0.15) is 0 Å². The van der Waals surface area contributed by atoms with Gasteiger partial charge in [-0.1, -0.05) is 93.9 Å². The molecular weight excluding hydrogens is 501 g/mol. The van der Waals surface area contributed by atoms with Gasteiger partial charge in [0.2, 0.25) is 0 Å². The number of hydrogen-bond donors (Lipinski definition) is 2. The SMILES string of the molecule is CCCC(CC)CC(C)C(C)NC(=O)C(=N)C(C)C(=Nc1ccc(Cl)cc1Cl)c1ccc(Cl)cc1. The fraction of sp³-hybridized carbons (Fsp3) is 0.464. The molecule has 0 spiro atoms. The van der Waals surface area contributed by atoms with Crippen molar-refractivity contribution >= 4 is 57.8 Å². The quantitative estimate of drug-likeness (QED) is 0.262. The maximum absolute atomic E-state index is 13.1. The van der Waals surface area contributed by atoms with Crippen molar-refractivity contribution in [2.75, 3.05) is 0 Å². The maximum Gasteiger partial charge on any atom is 0.265 e. The van der Waals surface area contributed by atoms with Gasteiger partial charge in [-0.05, 0) is 61.1 Å². The van der Waals surface area contributed by atoms with Gasteiger partial charge in [-0.25, -0.2) is 0 Å². The first-order chi connectivity index (χ1) is 16.6. The van der Waals surface area contributed by atoms with E-state index >= 15 is 0 Å². The first-order valence-corrected chi connectivity index (χ1v) is 13.4. The Morgan fingerprint density at radius 1 is 1.00 bits per heavy atom. The smallest absolute Gasteiger partial charge is 0.265 e. The van der Waals surface area contributed by atoms with Crippen molar-refractivity contribution in [2.45, 2.75) is 66.3 Å². The Morgan fingerprint density at radius 2 is 1.63 bits per heavy atom. The van der Waals surface area contributed by atoms with Crippen molar-refractivity contribution in [1.29, 1.82) is 5.41 Å². The number of aliphatic imine (C=N–C) groups is 1. The van der Waals surface area contributed by atoms with E-state index in [1.165, 1.54) is 12.8 Å². The molecule has 0 aromatic heterocycles. The van der Waals surface area contributed by atoms with Crippen LogP contribution in [0.2, 0.25) is 15.1 Å². The summed E-state index contributed by atoms with van der Waals surface area (Å²) in [4.78, 5) is 17.8. The van der Waals surface area contributed by atoms with Crippen LogP contribution in [0.15, 0.2) is 47.5 Å². The van der Waals surface area contributed by atoms with Crippen LogP contribution in [0.3, 0.4) is 0 Å². The molecule has 0 saturated carbocycles. The van der Waals surface area contributed by atoms with Gasteiger partial charge >= 0.3 is 0 Å². The third-order valence-electron chi connectivity index (χ3n) is 6.57. The number of carbonyl (C=O) groups excluding carboxylic acids is 1. The van der Waals surface area contributed by atoms with Crippen LogP contribution in [0, 0.1) is 23.2 Å². The molecule has 0 bridgehead atoms. The molecule has 0 aliphatic heterocycles. The Hall–Kier alpha value is -1.88. The summed E-state index contributed by atoms with van der Waals surface area (Å²) in [6, 6.07) is 12.2. The van der Waals surface area contributed by atoms with Gasteiger partial charge in [-0.3, -0.25) is 15.2 Å². The average Bonchev–Trinajstić information content (AvgIpc) is 2.82. The lowest BCUT2D eigenvalue weighted by atomic mass is 9.86. The van der Waals surface area contributed by atoms with E-state index in [-0.39, 0.29) is 17.7 Å². The minimum atomic E-state index is -0.575. The van der Waals surface area contributed by atoms with Crippen LogP contribution < -0.4 is 5.32 Å². The summed E-state index contributed by atoms with van der Waals surface area (Å²) >= 11 is 18.5. The molecule has 2 rings (SSSR count). The summed E-state index contributed by atoms with van der Waals surface area (Å²) in [5, 5.41) is 13.2. The van der Waals surface area contributed by atoms with Gasteiger partial charge in [0, 0.05) is 22.0 Å². The van der Waals surface area contributed by atoms with Crippen LogP contribution in [0.1, 0.15) is 65.9 Å². The predicted octanol–water partition coefficient (Wildman–Crippen LogP) is 8.78. The van der Waals surface area contributed by atoms with Crippen LogP contribution in [0.4, 0.5) is 5.69 Å². The molecule has 35 heavy (non-hydrogen) atoms. The summed E-state index contributed by atoms with van der Waals surface area (Å²) in [7, 11) is 0. The normalized spacial score (nSPS) is 15.3. The fourth-order valence-corrected chi connectivity index (χ4v) is 4.70. The first-order valence-electron chi connectivity index (χ1n) is 12.3. The van der Waals surface area contributed by atoms with E-state index in [1.54, 1.807) is 30.3 Å². The molecule has 0 aliphatic carbocycles. The molecule has 0 saturated heterocycles. The number of amides is 1. The molecule has 2 N–H and O–H groups in total. The highest BCUT2D eigenvalue weighted by molar-refractivity contribution is 6.43. The fourth-order valence-electron chi connectivity index (χ4n) is 4.12. The number of halogens is 3. The second-order valence-corrected chi connectivity index (χ2v) is 10.6. The molecular formula is C28H36Cl3N3O. The highest BCUT2D eigenvalue weighted by Crippen LogP contribution is 2.30. The van der Waals surface area contributed by atoms with Crippen molar-refractivity contribution < 1.29 is 4.79 Å². The van der Waals surface area contributed by atoms with Gasteiger partial charge in [0.15, 0.2) is 0 Å². The Labute approximate surface area is 225 Å². The highest BCUT2D eigenvalue weighted by Gasteiger charge is 2.26. The molecule has 190 valence electrons. The predicted molar refractivity (Wildman–Crippen MR) is 151 cm³/mol. The molecule has 1 amide bonds. The van der Waals surface area contributed by atoms with Gasteiger partial charge < -0.3 is 5.32 Å². The van der Waals surface area contributed by atoms with Gasteiger partial charge in [0.25, 0.3) is 5.91 Å². The van der Waals surface area contributed by atoms with Crippen LogP contribution in [-0.2, 0) is 4.79 Å². The van der Waals surface area contributed by atoms with E-state index < -0.39 is 5.92 Å². The van der Waals surface area contributed by atoms with E-state index in [0.717, 1.165) is 18.4 Å². The molecule has 0 aliphatic rings. The van der Waals surface area contributed by atoms with Gasteiger partial charge in [-0.15, -0.1) is 0 Å². The molecule has 4 unspecified atom stereocenters. The Morgan fingerprint density at radius 3 is 2.20 bits per heavy atom. The summed E-state index contributed by atoms with van der Waals surface area (Å²) < 4.78 is 0. The van der Waals surface area contributed by atoms with Crippen molar-refractivity contribution in [2.24, 2.45) is 22.7 Å². The zero-order chi connectivity index (χ0) is 26.1. The van der Waals surface area contributed by atoms with Crippen molar-refractivity contribution in [3.05, 3.63) is 63.1 Å². The minimum Gasteiger partial charge on any atom is -0.348 e. The van der Waals surface area contributed by atoms with Crippen molar-refractivity contribution in [3.8, 4) is 0 Å². The van der Waals surface area contributed by atoms with Gasteiger partial charge in [0.05, 0.1) is 16.4 Å². The van der Waals surface area contributed by atoms with E-state index in [9.17, 15) is 4.79 Å². The second-order valence-electron chi connectivity index (χ2n) is 9.27. The zero-order valence-corrected chi connectivity index (χ0v) is 23.4. The molecule has 7 heteroatoms. The number of carbonyl (C=O) groups is 1. The number of hydrogen-bond acceptors (Lipinski definition) is 3. The zero-order valence-electron chi connectivity index (χ0n) is 21.2. The molecule has 2 aromatic rings. The molecule has 4 atom stereocenters. The molecule has 0 fully saturated rings. The maximum atomic E-state index is 13.1. The lowest BCUT2D eigenvalue weighted by Gasteiger charge is -2.26. The molecule has 0 radical (unpaired) electrons. The number of nitrogens with zero attached hydrogens (tertiary/aromatic N) is 1.